The highest BCUT2D eigenvalue weighted by atomic mass is 32.2. The molecule has 0 amide bonds. The van der Waals surface area contributed by atoms with Gasteiger partial charge in [-0.2, -0.15) is 0 Å². The van der Waals surface area contributed by atoms with Crippen LogP contribution in [0.1, 0.15) is 31.8 Å². The van der Waals surface area contributed by atoms with Gasteiger partial charge in [-0.05, 0) is 119 Å². The summed E-state index contributed by atoms with van der Waals surface area (Å²) in [6, 6.07) is 97.1. The lowest BCUT2D eigenvalue weighted by Crippen LogP contribution is -2.32. The van der Waals surface area contributed by atoms with Crippen molar-refractivity contribution in [3.05, 3.63) is 313 Å². The van der Waals surface area contributed by atoms with E-state index in [0.29, 0.717) is 0 Å². The second kappa shape index (κ2) is 24.4. The summed E-state index contributed by atoms with van der Waals surface area (Å²) < 4.78 is 24.5. The summed E-state index contributed by atoms with van der Waals surface area (Å²) in [5, 5.41) is 29.8. The zero-order chi connectivity index (χ0) is 50.9. The van der Waals surface area contributed by atoms with E-state index in [9.17, 15) is 28.2 Å². The molecule has 0 aliphatic rings. The molecule has 0 bridgehead atoms. The van der Waals surface area contributed by atoms with Crippen molar-refractivity contribution in [1.29, 1.82) is 0 Å². The number of hydrogen-bond acceptors (Lipinski definition) is 6. The van der Waals surface area contributed by atoms with Crippen molar-refractivity contribution in [2.75, 3.05) is 0 Å². The summed E-state index contributed by atoms with van der Waals surface area (Å²) >= 11 is 0. The van der Waals surface area contributed by atoms with E-state index in [2.05, 4.69) is 243 Å². The van der Waals surface area contributed by atoms with Crippen LogP contribution in [0, 0.1) is 0 Å². The van der Waals surface area contributed by atoms with Crippen molar-refractivity contribution < 1.29 is 28.2 Å². The topological polar surface area (TPSA) is 114 Å². The van der Waals surface area contributed by atoms with Gasteiger partial charge in [0.15, 0.2) is 0 Å². The Morgan fingerprint density at radius 2 is 0.479 bits per heavy atom. The molecule has 9 heteroatoms. The van der Waals surface area contributed by atoms with Crippen LogP contribution in [0.2, 0.25) is 0 Å². The predicted octanol–water partition coefficient (Wildman–Crippen LogP) is 9.61. The second-order valence-corrected chi connectivity index (χ2v) is 26.0. The first-order valence-corrected chi connectivity index (χ1v) is 29.1. The molecule has 10 aromatic carbocycles. The molecule has 0 fully saturated rings. The Morgan fingerprint density at radius 1 is 0.288 bits per heavy atom. The lowest BCUT2D eigenvalue weighted by atomic mass is 10.2. The Morgan fingerprint density at radius 3 is 0.671 bits per heavy atom. The predicted molar refractivity (Wildman–Crippen MR) is 298 cm³/mol. The molecule has 73 heavy (non-hydrogen) atoms. The third-order valence-corrected chi connectivity index (χ3v) is 23.1. The van der Waals surface area contributed by atoms with E-state index < -0.39 is 36.3 Å². The van der Waals surface area contributed by atoms with Gasteiger partial charge in [0, 0.05) is 0 Å². The average molecular weight is 1010 g/mol. The molecule has 6 nitrogen and oxygen atoms in total. The third-order valence-electron chi connectivity index (χ3n) is 12.5. The number of benzene rings is 10. The molecule has 0 aliphatic heterocycles. The van der Waals surface area contributed by atoms with Gasteiger partial charge in [-0.1, -0.05) is 194 Å². The molecule has 0 saturated heterocycles. The van der Waals surface area contributed by atoms with Gasteiger partial charge >= 0.3 is 0 Å². The van der Waals surface area contributed by atoms with Gasteiger partial charge in [-0.3, -0.25) is 0 Å². The lowest BCUT2D eigenvalue weighted by molar-refractivity contribution is -0.256. The summed E-state index contributed by atoms with van der Waals surface area (Å²) in [4.78, 5) is 21.0. The first-order chi connectivity index (χ1) is 35.6. The van der Waals surface area contributed by atoms with Crippen LogP contribution in [-0.4, -0.2) is 20.4 Å². The zero-order valence-electron chi connectivity index (χ0n) is 39.9. The minimum Gasteiger partial charge on any atom is -0.545 e. The molecule has 10 aromatic rings. The van der Waals surface area contributed by atoms with Crippen LogP contribution < -0.4 is 42.0 Å². The minimum atomic E-state index is -3.85. The fourth-order valence-electron chi connectivity index (χ4n) is 8.93. The second-order valence-electron chi connectivity index (χ2n) is 17.0. The van der Waals surface area contributed by atoms with E-state index in [1.165, 1.54) is 43.0 Å². The number of aromatic carboxylic acids is 2. The summed E-state index contributed by atoms with van der Waals surface area (Å²) in [5.74, 6) is -2.81. The maximum Gasteiger partial charge on any atom is 0.206 e. The van der Waals surface area contributed by atoms with Crippen LogP contribution in [0.25, 0.3) is 0 Å². The van der Waals surface area contributed by atoms with Crippen LogP contribution in [0.5, 0.6) is 0 Å². The number of carboxylic acid groups (broad SMARTS) is 2. The van der Waals surface area contributed by atoms with Crippen molar-refractivity contribution in [2.45, 2.75) is 22.1 Å². The molecule has 10 rings (SSSR count). The van der Waals surface area contributed by atoms with E-state index in [1.54, 1.807) is 0 Å². The van der Waals surface area contributed by atoms with Crippen LogP contribution in [0.15, 0.2) is 301 Å². The minimum absolute atomic E-state index is 0.103. The van der Waals surface area contributed by atoms with Gasteiger partial charge in [-0.25, -0.2) is 8.42 Å². The van der Waals surface area contributed by atoms with E-state index in [1.807, 2.05) is 0 Å². The van der Waals surface area contributed by atoms with E-state index >= 15 is 0 Å². The van der Waals surface area contributed by atoms with Crippen molar-refractivity contribution in [1.82, 2.24) is 0 Å². The van der Waals surface area contributed by atoms with Gasteiger partial charge < -0.3 is 19.8 Å². The highest BCUT2D eigenvalue weighted by molar-refractivity contribution is 7.95. The normalized spacial score (nSPS) is 11.2. The van der Waals surface area contributed by atoms with E-state index in [0.717, 1.165) is 60.9 Å². The van der Waals surface area contributed by atoms with Gasteiger partial charge in [0.25, 0.3) is 0 Å². The Bertz CT molecular complexity index is 2990. The molecule has 360 valence electrons. The third kappa shape index (κ3) is 12.2. The van der Waals surface area contributed by atoms with Gasteiger partial charge in [-0.15, -0.1) is 0 Å². The molecule has 0 radical (unpaired) electrons. The SMILES string of the molecule is O=C([O-])c1ccc(S(=O)(=O)c2ccc(C(=O)[O-])cc2)cc1.c1ccc(C[P+](c2ccccc2)(c2ccccc2)c2ccccc2)cc1.c1ccc(C[P+](c2ccccc2)(c2ccccc2)c2ccccc2)cc1. The highest BCUT2D eigenvalue weighted by Gasteiger charge is 2.46. The smallest absolute Gasteiger partial charge is 0.206 e. The van der Waals surface area contributed by atoms with Crippen LogP contribution in [0.4, 0.5) is 0 Å². The van der Waals surface area contributed by atoms with Crippen molar-refractivity contribution in [2.24, 2.45) is 0 Å². The van der Waals surface area contributed by atoms with E-state index in [4.69, 9.17) is 0 Å². The average Bonchev–Trinajstić information content (AvgIpc) is 3.46. The largest absolute Gasteiger partial charge is 0.545 e. The summed E-state index contributed by atoms with van der Waals surface area (Å²) in [7, 11) is -7.40. The van der Waals surface area contributed by atoms with Crippen LogP contribution in [0.3, 0.4) is 0 Å². The summed E-state index contributed by atoms with van der Waals surface area (Å²) in [6.07, 6.45) is 2.07. The fourth-order valence-corrected chi connectivity index (χ4v) is 18.7. The number of carbonyl (C=O) groups excluding carboxylic acids is 2. The monoisotopic (exact) mass is 1010 g/mol. The molecular weight excluding hydrogens is 959 g/mol. The molecule has 0 unspecified atom stereocenters. The Kier molecular flexibility index (Phi) is 17.1. The first-order valence-electron chi connectivity index (χ1n) is 23.7. The first kappa shape index (κ1) is 51.3. The van der Waals surface area contributed by atoms with Gasteiger partial charge in [0.05, 0.1) is 34.1 Å². The molecule has 0 aliphatic carbocycles. The number of carbonyl (C=O) groups is 2. The summed E-state index contributed by atoms with van der Waals surface area (Å²) in [5.41, 5.74) is 2.50. The van der Waals surface area contributed by atoms with Gasteiger partial charge in [0.2, 0.25) is 9.84 Å². The quantitative estimate of drug-likeness (QED) is 0.100. The number of rotatable bonds is 14. The van der Waals surface area contributed by atoms with Crippen LogP contribution in [-0.2, 0) is 22.2 Å². The molecular formula is C64H52O6P2S. The van der Waals surface area contributed by atoms with Crippen molar-refractivity contribution >= 4 is 68.1 Å². The van der Waals surface area contributed by atoms with Gasteiger partial charge in [0.1, 0.15) is 46.4 Å². The Balaban J connectivity index is 0.000000147. The fraction of sp³-hybridized carbons (Fsp3) is 0.0312. The van der Waals surface area contributed by atoms with Crippen molar-refractivity contribution in [3.63, 3.8) is 0 Å². The number of carboxylic acids is 2. The molecule has 0 spiro atoms. The molecule has 0 aromatic heterocycles. The Hall–Kier alpha value is -8.05. The summed E-state index contributed by atoms with van der Waals surface area (Å²) in [6.45, 7) is 0. The molecule has 0 heterocycles. The van der Waals surface area contributed by atoms with Crippen LogP contribution >= 0.6 is 14.5 Å². The standard InChI is InChI=1S/2C25H22P.C14H10O6S/c2*1-5-13-22(14-6-1)21-26(23-15-7-2-8-16-23,24-17-9-3-10-18-24)25-19-11-4-12-20-25;15-13(16)9-1-5-11(6-2-9)21(19,20)12-7-3-10(4-8-12)14(17)18/h2*1-20H,21H2;1-8H,(H,15,16)(H,17,18)/q2*+1;/p-2. The zero-order valence-corrected chi connectivity index (χ0v) is 42.5. The maximum atomic E-state index is 12.3. The highest BCUT2D eigenvalue weighted by Crippen LogP contribution is 2.59. The molecule has 0 atom stereocenters. The molecule has 0 N–H and O–H groups in total. The lowest BCUT2D eigenvalue weighted by Gasteiger charge is -2.27. The number of sulfone groups is 1. The number of hydrogen-bond donors (Lipinski definition) is 0. The Labute approximate surface area is 429 Å². The maximum absolute atomic E-state index is 12.3. The van der Waals surface area contributed by atoms with E-state index in [-0.39, 0.29) is 20.9 Å². The molecule has 0 saturated carbocycles. The van der Waals surface area contributed by atoms with Crippen molar-refractivity contribution in [3.8, 4) is 0 Å².